The Morgan fingerprint density at radius 2 is 2.29 bits per heavy atom. The van der Waals surface area contributed by atoms with Crippen molar-refractivity contribution >= 4 is 5.91 Å². The Bertz CT molecular complexity index is 673. The molecule has 1 atom stereocenters. The minimum absolute atomic E-state index is 0.0499. The zero-order valence-electron chi connectivity index (χ0n) is 14.7. The van der Waals surface area contributed by atoms with Crippen LogP contribution < -0.4 is 0 Å². The molecule has 1 amide bonds. The number of fused-ring (bicyclic) bond motifs is 1. The van der Waals surface area contributed by atoms with Gasteiger partial charge < -0.3 is 13.8 Å². The average Bonchev–Trinajstić information content (AvgIpc) is 3.19. The van der Waals surface area contributed by atoms with Gasteiger partial charge in [0.25, 0.3) is 5.91 Å². The van der Waals surface area contributed by atoms with E-state index in [1.807, 2.05) is 17.0 Å². The third-order valence-corrected chi connectivity index (χ3v) is 4.68. The largest absolute Gasteiger partial charge is 0.467 e. The van der Waals surface area contributed by atoms with Gasteiger partial charge in [0.1, 0.15) is 11.5 Å². The van der Waals surface area contributed by atoms with Crippen molar-refractivity contribution in [2.45, 2.75) is 53.0 Å². The Balaban J connectivity index is 1.81. The van der Waals surface area contributed by atoms with Crippen molar-refractivity contribution in [1.82, 2.24) is 10.1 Å². The van der Waals surface area contributed by atoms with E-state index >= 15 is 0 Å². The van der Waals surface area contributed by atoms with Gasteiger partial charge in [-0.2, -0.15) is 0 Å². The van der Waals surface area contributed by atoms with Crippen LogP contribution in [0.3, 0.4) is 0 Å². The first kappa shape index (κ1) is 16.8. The molecular weight excluding hydrogens is 304 g/mol. The molecule has 0 radical (unpaired) electrons. The molecule has 0 saturated heterocycles. The lowest BCUT2D eigenvalue weighted by molar-refractivity contribution is 0.0712. The van der Waals surface area contributed by atoms with Crippen LogP contribution in [-0.2, 0) is 19.4 Å². The van der Waals surface area contributed by atoms with E-state index in [1.54, 1.807) is 6.26 Å². The van der Waals surface area contributed by atoms with Gasteiger partial charge in [-0.25, -0.2) is 0 Å². The Morgan fingerprint density at radius 3 is 3.00 bits per heavy atom. The van der Waals surface area contributed by atoms with Crippen LogP contribution in [0.4, 0.5) is 0 Å². The number of furan rings is 1. The second kappa shape index (κ2) is 7.24. The number of nitrogens with zero attached hydrogens (tertiary/aromatic N) is 2. The molecule has 0 bridgehead atoms. The number of aromatic nitrogens is 1. The second-order valence-corrected chi connectivity index (χ2v) is 7.27. The molecule has 1 aliphatic rings. The third kappa shape index (κ3) is 3.71. The second-order valence-electron chi connectivity index (χ2n) is 7.27. The first-order chi connectivity index (χ1) is 11.5. The van der Waals surface area contributed by atoms with E-state index < -0.39 is 0 Å². The Hall–Kier alpha value is -2.04. The van der Waals surface area contributed by atoms with Crippen LogP contribution in [-0.4, -0.2) is 22.5 Å². The van der Waals surface area contributed by atoms with E-state index in [0.29, 0.717) is 30.6 Å². The number of hydrogen-bond donors (Lipinski definition) is 0. The Labute approximate surface area is 143 Å². The third-order valence-electron chi connectivity index (χ3n) is 4.68. The summed E-state index contributed by atoms with van der Waals surface area (Å²) in [5.74, 6) is 2.73. The van der Waals surface area contributed by atoms with Gasteiger partial charge in [-0.1, -0.05) is 25.9 Å². The minimum atomic E-state index is -0.0499. The van der Waals surface area contributed by atoms with Crippen molar-refractivity contribution in [2.24, 2.45) is 11.8 Å². The van der Waals surface area contributed by atoms with Gasteiger partial charge in [0.2, 0.25) is 0 Å². The number of carbonyl (C=O) groups is 1. The summed E-state index contributed by atoms with van der Waals surface area (Å²) in [6.07, 6.45) is 5.43. The predicted octanol–water partition coefficient (Wildman–Crippen LogP) is 4.08. The number of carbonyl (C=O) groups excluding carboxylic acids is 1. The van der Waals surface area contributed by atoms with E-state index in [0.717, 1.165) is 42.8 Å². The maximum atomic E-state index is 13.1. The first-order valence-corrected chi connectivity index (χ1v) is 8.83. The van der Waals surface area contributed by atoms with Crippen LogP contribution in [0.15, 0.2) is 27.3 Å². The number of rotatable bonds is 6. The van der Waals surface area contributed by atoms with E-state index in [2.05, 4.69) is 25.9 Å². The standard InChI is InChI=1S/C19H26N2O3/c1-13(2)8-9-21(12-15-5-4-10-23-15)19(22)18-16-11-14(3)6-7-17(16)24-20-18/h4-5,10,13-14H,6-9,11-12H2,1-3H3/t14-/m1/s1. The zero-order chi connectivity index (χ0) is 17.1. The molecule has 0 aliphatic heterocycles. The number of hydrogen-bond acceptors (Lipinski definition) is 4. The molecule has 0 aromatic carbocycles. The molecular formula is C19H26N2O3. The monoisotopic (exact) mass is 330 g/mol. The SMILES string of the molecule is CC(C)CCN(Cc1ccco1)C(=O)c1noc2c1C[C@H](C)CC2. The highest BCUT2D eigenvalue weighted by atomic mass is 16.5. The number of aryl methyl sites for hydroxylation is 1. The minimum Gasteiger partial charge on any atom is -0.467 e. The topological polar surface area (TPSA) is 59.5 Å². The van der Waals surface area contributed by atoms with Crippen molar-refractivity contribution in [1.29, 1.82) is 0 Å². The molecule has 2 aromatic heterocycles. The summed E-state index contributed by atoms with van der Waals surface area (Å²) in [6, 6.07) is 3.75. The van der Waals surface area contributed by atoms with Crippen LogP contribution in [0.2, 0.25) is 0 Å². The van der Waals surface area contributed by atoms with Gasteiger partial charge in [0, 0.05) is 18.5 Å². The summed E-state index contributed by atoms with van der Waals surface area (Å²) in [5.41, 5.74) is 1.50. The van der Waals surface area contributed by atoms with Gasteiger partial charge >= 0.3 is 0 Å². The summed E-state index contributed by atoms with van der Waals surface area (Å²) in [7, 11) is 0. The molecule has 0 spiro atoms. The molecule has 5 heteroatoms. The first-order valence-electron chi connectivity index (χ1n) is 8.83. The van der Waals surface area contributed by atoms with E-state index in [1.165, 1.54) is 0 Å². The van der Waals surface area contributed by atoms with Crippen LogP contribution in [0, 0.1) is 11.8 Å². The fourth-order valence-corrected chi connectivity index (χ4v) is 3.15. The number of amides is 1. The molecule has 0 N–H and O–H groups in total. The highest BCUT2D eigenvalue weighted by Gasteiger charge is 2.29. The lowest BCUT2D eigenvalue weighted by atomic mass is 9.88. The molecule has 130 valence electrons. The van der Waals surface area contributed by atoms with Gasteiger partial charge in [-0.05, 0) is 43.2 Å². The molecule has 0 unspecified atom stereocenters. The van der Waals surface area contributed by atoms with Gasteiger partial charge in [0.05, 0.1) is 12.8 Å². The van der Waals surface area contributed by atoms with Crippen molar-refractivity contribution in [2.75, 3.05) is 6.54 Å². The molecule has 24 heavy (non-hydrogen) atoms. The van der Waals surface area contributed by atoms with Gasteiger partial charge in [0.15, 0.2) is 5.69 Å². The molecule has 0 fully saturated rings. The Morgan fingerprint density at radius 1 is 1.46 bits per heavy atom. The normalized spacial score (nSPS) is 17.1. The van der Waals surface area contributed by atoms with Crippen molar-refractivity contribution in [3.8, 4) is 0 Å². The summed E-state index contributed by atoms with van der Waals surface area (Å²) in [6.45, 7) is 7.69. The molecule has 5 nitrogen and oxygen atoms in total. The summed E-state index contributed by atoms with van der Waals surface area (Å²) in [4.78, 5) is 14.9. The van der Waals surface area contributed by atoms with E-state index in [-0.39, 0.29) is 5.91 Å². The highest BCUT2D eigenvalue weighted by Crippen LogP contribution is 2.29. The molecule has 0 saturated carbocycles. The lowest BCUT2D eigenvalue weighted by Crippen LogP contribution is -2.33. The fraction of sp³-hybridized carbons (Fsp3) is 0.579. The van der Waals surface area contributed by atoms with Crippen molar-refractivity contribution in [3.63, 3.8) is 0 Å². The van der Waals surface area contributed by atoms with Gasteiger partial charge in [-0.3, -0.25) is 4.79 Å². The maximum Gasteiger partial charge on any atom is 0.276 e. The lowest BCUT2D eigenvalue weighted by Gasteiger charge is -2.23. The molecule has 2 heterocycles. The zero-order valence-corrected chi connectivity index (χ0v) is 14.7. The summed E-state index contributed by atoms with van der Waals surface area (Å²) < 4.78 is 10.9. The summed E-state index contributed by atoms with van der Waals surface area (Å²) in [5, 5.41) is 4.11. The quantitative estimate of drug-likeness (QED) is 0.800. The molecule has 1 aliphatic carbocycles. The van der Waals surface area contributed by atoms with Crippen LogP contribution in [0.5, 0.6) is 0 Å². The van der Waals surface area contributed by atoms with Gasteiger partial charge in [-0.15, -0.1) is 0 Å². The van der Waals surface area contributed by atoms with Crippen LogP contribution in [0.1, 0.15) is 61.2 Å². The highest BCUT2D eigenvalue weighted by molar-refractivity contribution is 5.93. The average molecular weight is 330 g/mol. The maximum absolute atomic E-state index is 13.1. The van der Waals surface area contributed by atoms with Crippen LogP contribution in [0.25, 0.3) is 0 Å². The molecule has 2 aromatic rings. The van der Waals surface area contributed by atoms with E-state index in [9.17, 15) is 4.79 Å². The van der Waals surface area contributed by atoms with Crippen molar-refractivity contribution in [3.05, 3.63) is 41.2 Å². The predicted molar refractivity (Wildman–Crippen MR) is 90.6 cm³/mol. The van der Waals surface area contributed by atoms with E-state index in [4.69, 9.17) is 8.94 Å². The fourth-order valence-electron chi connectivity index (χ4n) is 3.15. The summed E-state index contributed by atoms with van der Waals surface area (Å²) >= 11 is 0. The van der Waals surface area contributed by atoms with Crippen LogP contribution >= 0.6 is 0 Å². The molecule has 3 rings (SSSR count). The Kier molecular flexibility index (Phi) is 5.07. The smallest absolute Gasteiger partial charge is 0.276 e. The van der Waals surface area contributed by atoms with Crippen molar-refractivity contribution < 1.29 is 13.7 Å².